The van der Waals surface area contributed by atoms with E-state index in [1.54, 1.807) is 18.2 Å². The van der Waals surface area contributed by atoms with E-state index in [0.717, 1.165) is 0 Å². The number of halogens is 3. The van der Waals surface area contributed by atoms with E-state index < -0.39 is 12.2 Å². The van der Waals surface area contributed by atoms with Crippen LogP contribution in [-0.2, 0) is 4.74 Å². The lowest BCUT2D eigenvalue weighted by Crippen LogP contribution is -2.37. The Hall–Kier alpha value is -1.07. The SMILES string of the molecule is COCC(C)CNC(c1ccccc1)C(F)(F)F. The molecule has 2 unspecified atom stereocenters. The lowest BCUT2D eigenvalue weighted by Gasteiger charge is -2.23. The van der Waals surface area contributed by atoms with E-state index >= 15 is 0 Å². The predicted molar refractivity (Wildman–Crippen MR) is 64.3 cm³/mol. The van der Waals surface area contributed by atoms with Crippen molar-refractivity contribution in [2.24, 2.45) is 5.92 Å². The highest BCUT2D eigenvalue weighted by Gasteiger charge is 2.40. The number of methoxy groups -OCH3 is 1. The first-order chi connectivity index (χ1) is 8.45. The van der Waals surface area contributed by atoms with Crippen LogP contribution in [0.15, 0.2) is 30.3 Å². The van der Waals surface area contributed by atoms with Gasteiger partial charge >= 0.3 is 6.18 Å². The standard InChI is InChI=1S/C13H18F3NO/c1-10(9-18-2)8-17-12(13(14,15)16)11-6-4-3-5-7-11/h3-7,10,12,17H,8-9H2,1-2H3. The molecular formula is C13H18F3NO. The van der Waals surface area contributed by atoms with Gasteiger partial charge in [-0.25, -0.2) is 0 Å². The third kappa shape index (κ3) is 4.66. The molecule has 1 rings (SSSR count). The van der Waals surface area contributed by atoms with Gasteiger partial charge in [0.2, 0.25) is 0 Å². The maximum Gasteiger partial charge on any atom is 0.407 e. The normalized spacial score (nSPS) is 15.4. The molecule has 0 aliphatic carbocycles. The molecule has 0 fully saturated rings. The van der Waals surface area contributed by atoms with Gasteiger partial charge < -0.3 is 10.1 Å². The summed E-state index contributed by atoms with van der Waals surface area (Å²) in [6, 6.07) is 6.24. The van der Waals surface area contributed by atoms with Crippen LogP contribution in [0.4, 0.5) is 13.2 Å². The number of nitrogens with one attached hydrogen (secondary N) is 1. The van der Waals surface area contributed by atoms with Crippen molar-refractivity contribution in [2.75, 3.05) is 20.3 Å². The van der Waals surface area contributed by atoms with E-state index in [1.165, 1.54) is 19.2 Å². The molecule has 0 saturated carbocycles. The number of alkyl halides is 3. The molecule has 2 nitrogen and oxygen atoms in total. The average molecular weight is 261 g/mol. The molecule has 0 heterocycles. The zero-order chi connectivity index (χ0) is 13.6. The minimum atomic E-state index is -4.30. The molecule has 1 aromatic rings. The summed E-state index contributed by atoms with van der Waals surface area (Å²) in [5.74, 6) is 0.0311. The van der Waals surface area contributed by atoms with Gasteiger partial charge in [-0.2, -0.15) is 13.2 Å². The molecule has 5 heteroatoms. The van der Waals surface area contributed by atoms with Crippen LogP contribution in [0.1, 0.15) is 18.5 Å². The molecule has 102 valence electrons. The maximum absolute atomic E-state index is 12.9. The van der Waals surface area contributed by atoms with Gasteiger partial charge in [-0.05, 0) is 11.5 Å². The summed E-state index contributed by atoms with van der Waals surface area (Å²) in [5.41, 5.74) is 0.231. The number of ether oxygens (including phenoxy) is 1. The zero-order valence-electron chi connectivity index (χ0n) is 10.5. The van der Waals surface area contributed by atoms with Crippen LogP contribution in [0.3, 0.4) is 0 Å². The molecule has 0 bridgehead atoms. The van der Waals surface area contributed by atoms with Crippen LogP contribution >= 0.6 is 0 Å². The van der Waals surface area contributed by atoms with Gasteiger partial charge in [0.1, 0.15) is 6.04 Å². The van der Waals surface area contributed by atoms with E-state index in [-0.39, 0.29) is 18.0 Å². The van der Waals surface area contributed by atoms with Crippen LogP contribution in [0.2, 0.25) is 0 Å². The van der Waals surface area contributed by atoms with Crippen molar-refractivity contribution in [3.63, 3.8) is 0 Å². The Morgan fingerprint density at radius 2 is 1.83 bits per heavy atom. The van der Waals surface area contributed by atoms with Crippen molar-refractivity contribution in [3.05, 3.63) is 35.9 Å². The predicted octanol–water partition coefficient (Wildman–Crippen LogP) is 3.16. The molecule has 0 aliphatic heterocycles. The van der Waals surface area contributed by atoms with E-state index in [1.807, 2.05) is 6.92 Å². The van der Waals surface area contributed by atoms with Crippen molar-refractivity contribution >= 4 is 0 Å². The molecule has 2 atom stereocenters. The molecule has 0 spiro atoms. The Morgan fingerprint density at radius 1 is 1.22 bits per heavy atom. The van der Waals surface area contributed by atoms with Gasteiger partial charge in [0.25, 0.3) is 0 Å². The van der Waals surface area contributed by atoms with Crippen molar-refractivity contribution < 1.29 is 17.9 Å². The summed E-state index contributed by atoms with van der Waals surface area (Å²) in [6.45, 7) is 2.54. The minimum Gasteiger partial charge on any atom is -0.384 e. The summed E-state index contributed by atoms with van der Waals surface area (Å²) in [5, 5.41) is 2.56. The molecular weight excluding hydrogens is 243 g/mol. The zero-order valence-corrected chi connectivity index (χ0v) is 10.5. The van der Waals surface area contributed by atoms with Crippen LogP contribution in [-0.4, -0.2) is 26.4 Å². The topological polar surface area (TPSA) is 21.3 Å². The first-order valence-corrected chi connectivity index (χ1v) is 5.79. The Bertz CT molecular complexity index is 340. The third-order valence-corrected chi connectivity index (χ3v) is 2.58. The van der Waals surface area contributed by atoms with E-state index in [0.29, 0.717) is 6.61 Å². The van der Waals surface area contributed by atoms with Crippen LogP contribution in [0, 0.1) is 5.92 Å². The average Bonchev–Trinajstić information content (AvgIpc) is 2.29. The van der Waals surface area contributed by atoms with E-state index in [4.69, 9.17) is 4.74 Å². The number of benzene rings is 1. The lowest BCUT2D eigenvalue weighted by molar-refractivity contribution is -0.158. The molecule has 1 aromatic carbocycles. The molecule has 0 amide bonds. The molecule has 0 aromatic heterocycles. The largest absolute Gasteiger partial charge is 0.407 e. The first kappa shape index (κ1) is 15.0. The number of hydrogen-bond donors (Lipinski definition) is 1. The summed E-state index contributed by atoms with van der Waals surface area (Å²) < 4.78 is 43.8. The first-order valence-electron chi connectivity index (χ1n) is 5.79. The number of hydrogen-bond acceptors (Lipinski definition) is 2. The molecule has 0 saturated heterocycles. The number of rotatable bonds is 6. The van der Waals surface area contributed by atoms with Crippen LogP contribution < -0.4 is 5.32 Å². The van der Waals surface area contributed by atoms with Gasteiger partial charge in [-0.15, -0.1) is 0 Å². The van der Waals surface area contributed by atoms with Gasteiger partial charge in [-0.1, -0.05) is 37.3 Å². The summed E-state index contributed by atoms with van der Waals surface area (Å²) in [4.78, 5) is 0. The quantitative estimate of drug-likeness (QED) is 0.849. The Labute approximate surface area is 105 Å². The Balaban J connectivity index is 2.69. The monoisotopic (exact) mass is 261 g/mol. The van der Waals surface area contributed by atoms with Crippen LogP contribution in [0.25, 0.3) is 0 Å². The molecule has 0 radical (unpaired) electrons. The van der Waals surface area contributed by atoms with Crippen molar-refractivity contribution in [1.29, 1.82) is 0 Å². The summed E-state index contributed by atoms with van der Waals surface area (Å²) >= 11 is 0. The summed E-state index contributed by atoms with van der Waals surface area (Å²) in [6.07, 6.45) is -4.30. The van der Waals surface area contributed by atoms with Crippen molar-refractivity contribution in [1.82, 2.24) is 5.32 Å². The van der Waals surface area contributed by atoms with Crippen LogP contribution in [0.5, 0.6) is 0 Å². The van der Waals surface area contributed by atoms with Crippen molar-refractivity contribution in [2.45, 2.75) is 19.1 Å². The minimum absolute atomic E-state index is 0.0311. The second-order valence-corrected chi connectivity index (χ2v) is 4.35. The van der Waals surface area contributed by atoms with Gasteiger partial charge in [-0.3, -0.25) is 0 Å². The fourth-order valence-electron chi connectivity index (χ4n) is 1.73. The Kier molecular flexibility index (Phi) is 5.62. The molecule has 1 N–H and O–H groups in total. The molecule has 0 aliphatic rings. The van der Waals surface area contributed by atoms with Gasteiger partial charge in [0.15, 0.2) is 0 Å². The van der Waals surface area contributed by atoms with E-state index in [9.17, 15) is 13.2 Å². The Morgan fingerprint density at radius 3 is 2.33 bits per heavy atom. The summed E-state index contributed by atoms with van der Waals surface area (Å²) in [7, 11) is 1.54. The second-order valence-electron chi connectivity index (χ2n) is 4.35. The highest BCUT2D eigenvalue weighted by Crippen LogP contribution is 2.32. The van der Waals surface area contributed by atoms with E-state index in [2.05, 4.69) is 5.32 Å². The highest BCUT2D eigenvalue weighted by atomic mass is 19.4. The van der Waals surface area contributed by atoms with Crippen molar-refractivity contribution in [3.8, 4) is 0 Å². The third-order valence-electron chi connectivity index (χ3n) is 2.58. The second kappa shape index (κ2) is 6.75. The van der Waals surface area contributed by atoms with Gasteiger partial charge in [0.05, 0.1) is 0 Å². The fourth-order valence-corrected chi connectivity index (χ4v) is 1.73. The maximum atomic E-state index is 12.9. The fraction of sp³-hybridized carbons (Fsp3) is 0.538. The molecule has 18 heavy (non-hydrogen) atoms. The lowest BCUT2D eigenvalue weighted by atomic mass is 10.1. The highest BCUT2D eigenvalue weighted by molar-refractivity contribution is 5.20. The van der Waals surface area contributed by atoms with Gasteiger partial charge in [0, 0.05) is 20.3 Å². The smallest absolute Gasteiger partial charge is 0.384 e.